The van der Waals surface area contributed by atoms with Crippen molar-refractivity contribution in [2.45, 2.75) is 69.9 Å². The van der Waals surface area contributed by atoms with Crippen molar-refractivity contribution in [3.63, 3.8) is 0 Å². The second kappa shape index (κ2) is 5.30. The van der Waals surface area contributed by atoms with E-state index in [9.17, 15) is 9.90 Å². The number of rotatable bonds is 3. The largest absolute Gasteiger partial charge is 0.481 e. The van der Waals surface area contributed by atoms with E-state index in [1.807, 2.05) is 6.92 Å². The highest BCUT2D eigenvalue weighted by Crippen LogP contribution is 2.45. The van der Waals surface area contributed by atoms with Crippen molar-refractivity contribution in [3.8, 4) is 0 Å². The SMILES string of the molecule is CCC1(C(=O)O)CCCN(C2CCOC3(CCC3)C2)C1. The van der Waals surface area contributed by atoms with Crippen LogP contribution in [0.3, 0.4) is 0 Å². The zero-order valence-corrected chi connectivity index (χ0v) is 12.6. The zero-order valence-electron chi connectivity index (χ0n) is 12.6. The first-order chi connectivity index (χ1) is 9.59. The van der Waals surface area contributed by atoms with Gasteiger partial charge in [0.15, 0.2) is 0 Å². The molecule has 1 spiro atoms. The van der Waals surface area contributed by atoms with E-state index in [2.05, 4.69) is 4.90 Å². The molecule has 2 saturated heterocycles. The highest BCUT2D eigenvalue weighted by atomic mass is 16.5. The molecule has 20 heavy (non-hydrogen) atoms. The summed E-state index contributed by atoms with van der Waals surface area (Å²) in [5.41, 5.74) is -0.359. The smallest absolute Gasteiger partial charge is 0.310 e. The van der Waals surface area contributed by atoms with Crippen LogP contribution in [-0.2, 0) is 9.53 Å². The van der Waals surface area contributed by atoms with E-state index >= 15 is 0 Å². The maximum atomic E-state index is 11.7. The van der Waals surface area contributed by atoms with Gasteiger partial charge in [0, 0.05) is 19.2 Å². The molecular formula is C16H27NO3. The van der Waals surface area contributed by atoms with Gasteiger partial charge in [0.25, 0.3) is 0 Å². The van der Waals surface area contributed by atoms with Crippen LogP contribution in [0.4, 0.5) is 0 Å². The first-order valence-corrected chi connectivity index (χ1v) is 8.21. The Balaban J connectivity index is 1.68. The number of likely N-dealkylation sites (tertiary alicyclic amines) is 1. The van der Waals surface area contributed by atoms with Crippen LogP contribution in [0.2, 0.25) is 0 Å². The third-order valence-corrected chi connectivity index (χ3v) is 5.99. The van der Waals surface area contributed by atoms with Gasteiger partial charge in [-0.15, -0.1) is 0 Å². The summed E-state index contributed by atoms with van der Waals surface area (Å²) in [7, 11) is 0. The minimum Gasteiger partial charge on any atom is -0.481 e. The van der Waals surface area contributed by atoms with Crippen LogP contribution in [-0.4, -0.2) is 47.3 Å². The molecule has 3 rings (SSSR count). The molecule has 2 atom stereocenters. The normalized spacial score (nSPS) is 37.5. The summed E-state index contributed by atoms with van der Waals surface area (Å²) >= 11 is 0. The maximum absolute atomic E-state index is 11.7. The number of carbonyl (C=O) groups is 1. The molecule has 3 aliphatic rings. The highest BCUT2D eigenvalue weighted by Gasteiger charge is 2.47. The highest BCUT2D eigenvalue weighted by molar-refractivity contribution is 5.75. The standard InChI is InChI=1S/C16H27NO3/c1-2-15(14(18)19)6-4-9-17(12-15)13-5-10-20-16(11-13)7-3-8-16/h13H,2-12H2,1H3,(H,18,19). The molecule has 4 heteroatoms. The van der Waals surface area contributed by atoms with Gasteiger partial charge in [0.2, 0.25) is 0 Å². The molecule has 1 saturated carbocycles. The number of piperidine rings is 1. The summed E-state index contributed by atoms with van der Waals surface area (Å²) in [5, 5.41) is 9.61. The summed E-state index contributed by atoms with van der Waals surface area (Å²) in [4.78, 5) is 14.1. The number of nitrogens with zero attached hydrogens (tertiary/aromatic N) is 1. The predicted octanol–water partition coefficient (Wildman–Crippen LogP) is 2.66. The van der Waals surface area contributed by atoms with Crippen LogP contribution in [0.15, 0.2) is 0 Å². The summed E-state index contributed by atoms with van der Waals surface area (Å²) in [6, 6.07) is 0.537. The lowest BCUT2D eigenvalue weighted by Gasteiger charge is -2.51. The van der Waals surface area contributed by atoms with Crippen LogP contribution in [0.1, 0.15) is 58.3 Å². The van der Waals surface area contributed by atoms with Gasteiger partial charge >= 0.3 is 5.97 Å². The lowest BCUT2D eigenvalue weighted by Crippen LogP contribution is -2.56. The molecule has 0 amide bonds. The van der Waals surface area contributed by atoms with E-state index in [1.54, 1.807) is 0 Å². The first kappa shape index (κ1) is 14.3. The number of carboxylic acid groups (broad SMARTS) is 1. The van der Waals surface area contributed by atoms with Crippen molar-refractivity contribution in [2.75, 3.05) is 19.7 Å². The van der Waals surface area contributed by atoms with Crippen LogP contribution < -0.4 is 0 Å². The van der Waals surface area contributed by atoms with Crippen molar-refractivity contribution in [2.24, 2.45) is 5.41 Å². The molecular weight excluding hydrogens is 254 g/mol. The molecule has 114 valence electrons. The Hall–Kier alpha value is -0.610. The molecule has 2 unspecified atom stereocenters. The van der Waals surface area contributed by atoms with Gasteiger partial charge in [-0.25, -0.2) is 0 Å². The lowest BCUT2D eigenvalue weighted by molar-refractivity contribution is -0.163. The van der Waals surface area contributed by atoms with Crippen molar-refractivity contribution < 1.29 is 14.6 Å². The fourth-order valence-electron chi connectivity index (χ4n) is 4.33. The van der Waals surface area contributed by atoms with E-state index in [4.69, 9.17) is 4.74 Å². The minimum atomic E-state index is -0.602. The fraction of sp³-hybridized carbons (Fsp3) is 0.938. The van der Waals surface area contributed by atoms with Gasteiger partial charge in [-0.3, -0.25) is 9.69 Å². The van der Waals surface area contributed by atoms with Crippen LogP contribution in [0.5, 0.6) is 0 Å². The molecule has 0 aromatic carbocycles. The lowest BCUT2D eigenvalue weighted by atomic mass is 9.72. The van der Waals surface area contributed by atoms with Crippen LogP contribution >= 0.6 is 0 Å². The average molecular weight is 281 g/mol. The average Bonchev–Trinajstić information content (AvgIpc) is 2.45. The Morgan fingerprint density at radius 3 is 2.75 bits per heavy atom. The Bertz CT molecular complexity index is 380. The molecule has 0 radical (unpaired) electrons. The Morgan fingerprint density at radius 2 is 2.15 bits per heavy atom. The second-order valence-corrected chi connectivity index (χ2v) is 7.04. The van der Waals surface area contributed by atoms with Crippen molar-refractivity contribution in [1.29, 1.82) is 0 Å². The van der Waals surface area contributed by atoms with Gasteiger partial charge in [0.1, 0.15) is 0 Å². The monoisotopic (exact) mass is 281 g/mol. The van der Waals surface area contributed by atoms with Gasteiger partial charge in [-0.1, -0.05) is 6.92 Å². The summed E-state index contributed by atoms with van der Waals surface area (Å²) in [6.07, 6.45) is 8.49. The third kappa shape index (κ3) is 2.37. The maximum Gasteiger partial charge on any atom is 0.310 e. The number of carboxylic acids is 1. The Labute approximate surface area is 121 Å². The zero-order chi connectivity index (χ0) is 14.2. The van der Waals surface area contributed by atoms with Gasteiger partial charge in [-0.2, -0.15) is 0 Å². The van der Waals surface area contributed by atoms with E-state index in [0.717, 1.165) is 51.8 Å². The fourth-order valence-corrected chi connectivity index (χ4v) is 4.33. The summed E-state index contributed by atoms with van der Waals surface area (Å²) in [6.45, 7) is 4.68. The molecule has 0 aromatic rings. The second-order valence-electron chi connectivity index (χ2n) is 7.04. The number of hydrogen-bond acceptors (Lipinski definition) is 3. The molecule has 1 aliphatic carbocycles. The van der Waals surface area contributed by atoms with Crippen LogP contribution in [0, 0.1) is 5.41 Å². The number of hydrogen-bond donors (Lipinski definition) is 1. The Kier molecular flexibility index (Phi) is 3.80. The number of aliphatic carboxylic acids is 1. The van der Waals surface area contributed by atoms with Crippen molar-refractivity contribution in [1.82, 2.24) is 4.90 Å². The van der Waals surface area contributed by atoms with E-state index in [1.165, 1.54) is 19.3 Å². The van der Waals surface area contributed by atoms with Gasteiger partial charge in [0.05, 0.1) is 11.0 Å². The molecule has 2 heterocycles. The van der Waals surface area contributed by atoms with E-state index < -0.39 is 11.4 Å². The van der Waals surface area contributed by atoms with Crippen molar-refractivity contribution >= 4 is 5.97 Å². The van der Waals surface area contributed by atoms with Gasteiger partial charge in [-0.05, 0) is 57.9 Å². The molecule has 3 fully saturated rings. The third-order valence-electron chi connectivity index (χ3n) is 5.99. The molecule has 1 N–H and O–H groups in total. The summed E-state index contributed by atoms with van der Waals surface area (Å²) in [5.74, 6) is -0.602. The topological polar surface area (TPSA) is 49.8 Å². The quantitative estimate of drug-likeness (QED) is 0.864. The molecule has 0 bridgehead atoms. The van der Waals surface area contributed by atoms with E-state index in [-0.39, 0.29) is 5.60 Å². The first-order valence-electron chi connectivity index (χ1n) is 8.21. The van der Waals surface area contributed by atoms with E-state index in [0.29, 0.717) is 6.04 Å². The van der Waals surface area contributed by atoms with Crippen molar-refractivity contribution in [3.05, 3.63) is 0 Å². The summed E-state index contributed by atoms with van der Waals surface area (Å²) < 4.78 is 6.01. The predicted molar refractivity (Wildman–Crippen MR) is 76.7 cm³/mol. The Morgan fingerprint density at radius 1 is 1.35 bits per heavy atom. The van der Waals surface area contributed by atoms with Gasteiger partial charge < -0.3 is 9.84 Å². The minimum absolute atomic E-state index is 0.151. The molecule has 4 nitrogen and oxygen atoms in total. The molecule has 0 aromatic heterocycles. The molecule has 2 aliphatic heterocycles. The number of ether oxygens (including phenoxy) is 1. The van der Waals surface area contributed by atoms with Crippen LogP contribution in [0.25, 0.3) is 0 Å².